The third-order valence-electron chi connectivity index (χ3n) is 10.4. The van der Waals surface area contributed by atoms with Gasteiger partial charge in [-0.15, -0.1) is 28.8 Å². The van der Waals surface area contributed by atoms with Crippen molar-refractivity contribution >= 4 is 51.4 Å². The maximum absolute atomic E-state index is 14.9. The molecule has 6 heteroatoms. The van der Waals surface area contributed by atoms with E-state index >= 15 is 0 Å². The van der Waals surface area contributed by atoms with Gasteiger partial charge in [0.15, 0.2) is 5.78 Å². The third kappa shape index (κ3) is 7.99. The molecule has 1 N–H and O–H groups in total. The number of aliphatic hydroxyl groups excluding tert-OH is 1. The Morgan fingerprint density at radius 2 is 1.50 bits per heavy atom. The number of benzene rings is 4. The number of rotatable bonds is 9. The molecule has 0 fully saturated rings. The van der Waals surface area contributed by atoms with Crippen LogP contribution in [0.3, 0.4) is 0 Å². The predicted molar refractivity (Wildman–Crippen MR) is 202 cm³/mol. The SMILES string of the molecule is CCC(C)(CC)C(=O)/C=C(\O)C(C)(CC)CC.Cc1cc(F)c2c(ccc3c(-c4[c-]c5ccccc5c([Si](C)(C)C)c4)nccc32)c1.[Ir]. The zero-order valence-electron chi connectivity index (χ0n) is 30.3. The van der Waals surface area contributed by atoms with Gasteiger partial charge in [-0.05, 0) is 66.5 Å². The summed E-state index contributed by atoms with van der Waals surface area (Å²) in [5.74, 6) is 0.103. The largest absolute Gasteiger partial charge is 0.512 e. The molecule has 257 valence electrons. The van der Waals surface area contributed by atoms with E-state index in [9.17, 15) is 14.3 Å². The molecular weight excluding hydrogens is 790 g/mol. The molecule has 1 radical (unpaired) electrons. The first-order valence-corrected chi connectivity index (χ1v) is 20.5. The second-order valence-electron chi connectivity index (χ2n) is 14.5. The standard InChI is InChI=1S/C27H23FNSi.C15H28O2.Ir/c1-17-13-19-9-10-23-22(26(19)24(28)14-17)11-12-29-27(23)20-15-18-7-5-6-8-21(18)25(16-20)30(2,3)4;1-7-14(5,8-2)12(16)11-13(17)15(6,9-3)10-4;/h5-14,16H,1-4H3;11,16H,7-10H2,1-6H3;/q-1;;/b;12-11-;. The van der Waals surface area contributed by atoms with Crippen molar-refractivity contribution in [2.75, 3.05) is 0 Å². The van der Waals surface area contributed by atoms with Gasteiger partial charge >= 0.3 is 0 Å². The van der Waals surface area contributed by atoms with Gasteiger partial charge in [0.25, 0.3) is 0 Å². The molecule has 0 aliphatic carbocycles. The molecule has 0 saturated carbocycles. The minimum absolute atomic E-state index is 0. The molecule has 0 unspecified atom stereocenters. The van der Waals surface area contributed by atoms with Crippen LogP contribution in [0.25, 0.3) is 43.6 Å². The van der Waals surface area contributed by atoms with Crippen molar-refractivity contribution in [2.45, 2.75) is 93.8 Å². The number of fused-ring (bicyclic) bond motifs is 4. The van der Waals surface area contributed by atoms with Crippen LogP contribution in [0.1, 0.15) is 72.8 Å². The molecule has 5 rings (SSSR count). The quantitative estimate of drug-likeness (QED) is 0.0529. The van der Waals surface area contributed by atoms with Crippen molar-refractivity contribution in [3.63, 3.8) is 0 Å². The van der Waals surface area contributed by atoms with Crippen molar-refractivity contribution in [3.8, 4) is 11.3 Å². The number of aromatic nitrogens is 1. The molecule has 0 aliphatic heterocycles. The Labute approximate surface area is 301 Å². The first kappa shape index (κ1) is 39.3. The molecule has 1 heterocycles. The van der Waals surface area contributed by atoms with E-state index in [1.165, 1.54) is 16.6 Å². The Morgan fingerprint density at radius 1 is 0.875 bits per heavy atom. The van der Waals surface area contributed by atoms with Crippen LogP contribution in [0.5, 0.6) is 0 Å². The average molecular weight is 841 g/mol. The van der Waals surface area contributed by atoms with Crippen molar-refractivity contribution < 1.29 is 34.4 Å². The van der Waals surface area contributed by atoms with Gasteiger partial charge in [0.1, 0.15) is 11.6 Å². The Morgan fingerprint density at radius 3 is 2.10 bits per heavy atom. The Hall–Kier alpha value is -3.18. The average Bonchev–Trinajstić information content (AvgIpc) is 3.05. The van der Waals surface area contributed by atoms with Crippen LogP contribution >= 0.6 is 0 Å². The van der Waals surface area contributed by atoms with Crippen LogP contribution in [0.4, 0.5) is 4.39 Å². The number of hydrogen-bond donors (Lipinski definition) is 1. The number of carbonyl (C=O) groups excluding carboxylic acids is 1. The van der Waals surface area contributed by atoms with Gasteiger partial charge in [-0.3, -0.25) is 9.78 Å². The Bertz CT molecular complexity index is 1950. The predicted octanol–water partition coefficient (Wildman–Crippen LogP) is 11.6. The fourth-order valence-electron chi connectivity index (χ4n) is 6.09. The van der Waals surface area contributed by atoms with E-state index in [0.29, 0.717) is 5.39 Å². The molecule has 4 aromatic carbocycles. The summed E-state index contributed by atoms with van der Waals surface area (Å²) < 4.78 is 14.9. The van der Waals surface area contributed by atoms with E-state index in [2.05, 4.69) is 62.1 Å². The number of aryl methyl sites for hydroxylation is 1. The number of nitrogens with zero attached hydrogens (tertiary/aromatic N) is 1. The molecule has 0 aliphatic rings. The van der Waals surface area contributed by atoms with Crippen LogP contribution in [0.2, 0.25) is 19.6 Å². The molecule has 5 aromatic rings. The van der Waals surface area contributed by atoms with Gasteiger partial charge in [0.05, 0.1) is 8.07 Å². The summed E-state index contributed by atoms with van der Waals surface area (Å²) in [6.07, 6.45) is 6.54. The number of halogens is 1. The fourth-order valence-corrected chi connectivity index (χ4v) is 7.70. The molecule has 0 atom stereocenters. The van der Waals surface area contributed by atoms with Crippen LogP contribution in [-0.4, -0.2) is 23.9 Å². The van der Waals surface area contributed by atoms with Crippen molar-refractivity contribution in [1.82, 2.24) is 4.98 Å². The summed E-state index contributed by atoms with van der Waals surface area (Å²) in [6.45, 7) is 21.1. The minimum Gasteiger partial charge on any atom is -0.512 e. The molecule has 48 heavy (non-hydrogen) atoms. The summed E-state index contributed by atoms with van der Waals surface area (Å²) in [4.78, 5) is 16.9. The van der Waals surface area contributed by atoms with Gasteiger partial charge in [0.2, 0.25) is 0 Å². The maximum atomic E-state index is 14.9. The number of pyridine rings is 1. The third-order valence-corrected chi connectivity index (χ3v) is 12.4. The summed E-state index contributed by atoms with van der Waals surface area (Å²) in [7, 11) is -1.60. The number of ketones is 1. The second kappa shape index (κ2) is 15.6. The summed E-state index contributed by atoms with van der Waals surface area (Å²) in [5.41, 5.74) is 2.16. The minimum atomic E-state index is -1.60. The molecule has 0 bridgehead atoms. The summed E-state index contributed by atoms with van der Waals surface area (Å²) in [5, 5.41) is 17.3. The topological polar surface area (TPSA) is 50.2 Å². The second-order valence-corrected chi connectivity index (χ2v) is 19.5. The van der Waals surface area contributed by atoms with Crippen LogP contribution in [0.15, 0.2) is 78.7 Å². The van der Waals surface area contributed by atoms with E-state index in [1.807, 2.05) is 66.7 Å². The van der Waals surface area contributed by atoms with E-state index in [1.54, 1.807) is 12.3 Å². The van der Waals surface area contributed by atoms with Gasteiger partial charge in [0, 0.05) is 54.3 Å². The maximum Gasteiger partial charge on any atom is 0.164 e. The van der Waals surface area contributed by atoms with Gasteiger partial charge in [-0.1, -0.05) is 109 Å². The number of aliphatic hydroxyl groups is 1. The Balaban J connectivity index is 0.000000301. The van der Waals surface area contributed by atoms with Gasteiger partial charge in [-0.25, -0.2) is 4.39 Å². The van der Waals surface area contributed by atoms with Crippen molar-refractivity contribution in [1.29, 1.82) is 0 Å². The summed E-state index contributed by atoms with van der Waals surface area (Å²) >= 11 is 0. The molecule has 3 nitrogen and oxygen atoms in total. The smallest absolute Gasteiger partial charge is 0.164 e. The summed E-state index contributed by atoms with van der Waals surface area (Å²) in [6, 6.07) is 23.9. The fraction of sp³-hybridized carbons (Fsp3) is 0.381. The van der Waals surface area contributed by atoms with E-state index in [0.717, 1.165) is 64.0 Å². The Kier molecular flexibility index (Phi) is 12.7. The van der Waals surface area contributed by atoms with Crippen molar-refractivity contribution in [3.05, 3.63) is 96.1 Å². The first-order chi connectivity index (χ1) is 22.1. The van der Waals surface area contributed by atoms with Crippen LogP contribution < -0.4 is 5.19 Å². The number of hydrogen-bond acceptors (Lipinski definition) is 3. The normalized spacial score (nSPS) is 12.5. The molecule has 1 aromatic heterocycles. The first-order valence-electron chi connectivity index (χ1n) is 17.0. The number of allylic oxidation sites excluding steroid dienone is 2. The monoisotopic (exact) mass is 841 g/mol. The van der Waals surface area contributed by atoms with E-state index in [-0.39, 0.29) is 48.3 Å². The van der Waals surface area contributed by atoms with Crippen LogP contribution in [-0.2, 0) is 24.9 Å². The zero-order valence-corrected chi connectivity index (χ0v) is 33.7. The van der Waals surface area contributed by atoms with Gasteiger partial charge < -0.3 is 5.11 Å². The molecular formula is C42H51FIrNO2Si-. The number of carbonyl (C=O) groups is 1. The van der Waals surface area contributed by atoms with Crippen molar-refractivity contribution in [2.24, 2.45) is 10.8 Å². The van der Waals surface area contributed by atoms with Gasteiger partial charge in [-0.2, -0.15) is 0 Å². The van der Waals surface area contributed by atoms with E-state index in [4.69, 9.17) is 4.98 Å². The van der Waals surface area contributed by atoms with E-state index < -0.39 is 8.07 Å². The molecule has 0 amide bonds. The van der Waals surface area contributed by atoms with Crippen LogP contribution in [0, 0.1) is 29.6 Å². The molecule has 0 saturated heterocycles. The zero-order chi connectivity index (χ0) is 34.7. The molecule has 0 spiro atoms.